The van der Waals surface area contributed by atoms with Gasteiger partial charge in [-0.1, -0.05) is 6.07 Å². The predicted molar refractivity (Wildman–Crippen MR) is 79.7 cm³/mol. The SMILES string of the molecule is CCN(Cc1ccccn1)C(=O)C(N)COC.Cl.Cl. The maximum Gasteiger partial charge on any atom is 0.242 e. The van der Waals surface area contributed by atoms with Gasteiger partial charge in [-0.25, -0.2) is 0 Å². The second kappa shape index (κ2) is 11.0. The van der Waals surface area contributed by atoms with Crippen LogP contribution in [0.15, 0.2) is 24.4 Å². The van der Waals surface area contributed by atoms with Gasteiger partial charge in [-0.05, 0) is 19.1 Å². The Morgan fingerprint density at radius 3 is 2.63 bits per heavy atom. The Morgan fingerprint density at radius 1 is 1.47 bits per heavy atom. The molecule has 0 aliphatic rings. The lowest BCUT2D eigenvalue weighted by atomic mass is 10.2. The van der Waals surface area contributed by atoms with Gasteiger partial charge < -0.3 is 15.4 Å². The van der Waals surface area contributed by atoms with Crippen LogP contribution in [0, 0.1) is 0 Å². The maximum absolute atomic E-state index is 12.0. The summed E-state index contributed by atoms with van der Waals surface area (Å²) >= 11 is 0. The van der Waals surface area contributed by atoms with Crippen LogP contribution >= 0.6 is 24.8 Å². The third-order valence-corrected chi connectivity index (χ3v) is 2.44. The fraction of sp³-hybridized carbons (Fsp3) is 0.500. The van der Waals surface area contributed by atoms with Crippen molar-refractivity contribution in [2.75, 3.05) is 20.3 Å². The highest BCUT2D eigenvalue weighted by molar-refractivity contribution is 5.85. The fourth-order valence-corrected chi connectivity index (χ4v) is 1.52. The lowest BCUT2D eigenvalue weighted by Crippen LogP contribution is -2.45. The number of aromatic nitrogens is 1. The van der Waals surface area contributed by atoms with Gasteiger partial charge in [0.1, 0.15) is 6.04 Å². The molecular weight excluding hydrogens is 289 g/mol. The molecule has 1 heterocycles. The molecule has 5 nitrogen and oxygen atoms in total. The molecule has 1 atom stereocenters. The van der Waals surface area contributed by atoms with Crippen molar-refractivity contribution in [3.05, 3.63) is 30.1 Å². The zero-order valence-electron chi connectivity index (χ0n) is 11.1. The summed E-state index contributed by atoms with van der Waals surface area (Å²) < 4.78 is 4.88. The average Bonchev–Trinajstić information content (AvgIpc) is 2.36. The molecule has 0 spiro atoms. The van der Waals surface area contributed by atoms with Crippen LogP contribution < -0.4 is 5.73 Å². The van der Waals surface area contributed by atoms with Crippen LogP contribution in [0.1, 0.15) is 12.6 Å². The smallest absolute Gasteiger partial charge is 0.242 e. The number of rotatable bonds is 6. The topological polar surface area (TPSA) is 68.5 Å². The van der Waals surface area contributed by atoms with E-state index in [1.807, 2.05) is 25.1 Å². The van der Waals surface area contributed by atoms with Crippen LogP contribution in [-0.4, -0.2) is 42.1 Å². The number of nitrogens with two attached hydrogens (primary N) is 1. The van der Waals surface area contributed by atoms with Gasteiger partial charge in [0.05, 0.1) is 18.8 Å². The van der Waals surface area contributed by atoms with E-state index in [-0.39, 0.29) is 37.3 Å². The van der Waals surface area contributed by atoms with Crippen molar-refractivity contribution in [2.45, 2.75) is 19.5 Å². The van der Waals surface area contributed by atoms with E-state index in [1.54, 1.807) is 11.1 Å². The number of nitrogens with zero attached hydrogens (tertiary/aromatic N) is 2. The minimum Gasteiger partial charge on any atom is -0.383 e. The Bertz CT molecular complexity index is 352. The van der Waals surface area contributed by atoms with Gasteiger partial charge >= 0.3 is 0 Å². The number of pyridine rings is 1. The van der Waals surface area contributed by atoms with Gasteiger partial charge in [-0.15, -0.1) is 24.8 Å². The number of halogens is 2. The molecule has 0 saturated heterocycles. The lowest BCUT2D eigenvalue weighted by Gasteiger charge is -2.23. The number of likely N-dealkylation sites (N-methyl/N-ethyl adjacent to an activating group) is 1. The summed E-state index contributed by atoms with van der Waals surface area (Å²) in [5.74, 6) is -0.111. The average molecular weight is 310 g/mol. The first-order valence-electron chi connectivity index (χ1n) is 5.62. The number of ether oxygens (including phenoxy) is 1. The molecule has 1 amide bonds. The number of carbonyl (C=O) groups is 1. The summed E-state index contributed by atoms with van der Waals surface area (Å²) in [6, 6.07) is 5.02. The van der Waals surface area contributed by atoms with Crippen molar-refractivity contribution in [3.8, 4) is 0 Å². The van der Waals surface area contributed by atoms with E-state index in [0.717, 1.165) is 5.69 Å². The molecule has 19 heavy (non-hydrogen) atoms. The minimum absolute atomic E-state index is 0. The third kappa shape index (κ3) is 6.73. The quantitative estimate of drug-likeness (QED) is 0.858. The largest absolute Gasteiger partial charge is 0.383 e. The second-order valence-corrected chi connectivity index (χ2v) is 3.74. The van der Waals surface area contributed by atoms with Crippen molar-refractivity contribution in [2.24, 2.45) is 5.73 Å². The number of methoxy groups -OCH3 is 1. The standard InChI is InChI=1S/C12H19N3O2.2ClH/c1-3-15(12(16)11(13)9-17-2)8-10-6-4-5-7-14-10;;/h4-7,11H,3,8-9,13H2,1-2H3;2*1H. The van der Waals surface area contributed by atoms with Crippen LogP contribution in [-0.2, 0) is 16.1 Å². The Kier molecular flexibility index (Phi) is 11.8. The monoisotopic (exact) mass is 309 g/mol. The normalized spacial score (nSPS) is 10.9. The highest BCUT2D eigenvalue weighted by Gasteiger charge is 2.19. The molecule has 0 aliphatic carbocycles. The van der Waals surface area contributed by atoms with E-state index in [1.165, 1.54) is 7.11 Å². The molecule has 0 fully saturated rings. The molecule has 110 valence electrons. The number of hydrogen-bond acceptors (Lipinski definition) is 4. The van der Waals surface area contributed by atoms with Crippen LogP contribution in [0.25, 0.3) is 0 Å². The molecule has 2 N–H and O–H groups in total. The first-order chi connectivity index (χ1) is 8.19. The molecule has 1 aromatic heterocycles. The van der Waals surface area contributed by atoms with E-state index in [0.29, 0.717) is 13.1 Å². The lowest BCUT2D eigenvalue weighted by molar-refractivity contribution is -0.134. The van der Waals surface area contributed by atoms with E-state index in [4.69, 9.17) is 10.5 Å². The predicted octanol–water partition coefficient (Wildman–Crippen LogP) is 1.25. The van der Waals surface area contributed by atoms with Gasteiger partial charge in [-0.2, -0.15) is 0 Å². The van der Waals surface area contributed by atoms with Crippen molar-refractivity contribution >= 4 is 30.7 Å². The number of amides is 1. The minimum atomic E-state index is -0.608. The summed E-state index contributed by atoms with van der Waals surface area (Å²) in [5.41, 5.74) is 6.58. The summed E-state index contributed by atoms with van der Waals surface area (Å²) in [5, 5.41) is 0. The van der Waals surface area contributed by atoms with Crippen molar-refractivity contribution < 1.29 is 9.53 Å². The Labute approximate surface area is 126 Å². The van der Waals surface area contributed by atoms with E-state index < -0.39 is 6.04 Å². The van der Waals surface area contributed by atoms with Crippen LogP contribution in [0.2, 0.25) is 0 Å². The van der Waals surface area contributed by atoms with Gasteiger partial charge in [0.15, 0.2) is 0 Å². The molecule has 0 saturated carbocycles. The molecule has 0 aromatic carbocycles. The van der Waals surface area contributed by atoms with Gasteiger partial charge in [0.2, 0.25) is 5.91 Å². The molecule has 0 bridgehead atoms. The van der Waals surface area contributed by atoms with Gasteiger partial charge in [0.25, 0.3) is 0 Å². The van der Waals surface area contributed by atoms with Crippen LogP contribution in [0.5, 0.6) is 0 Å². The number of hydrogen-bond donors (Lipinski definition) is 1. The molecule has 0 radical (unpaired) electrons. The van der Waals surface area contributed by atoms with Gasteiger partial charge in [0, 0.05) is 19.9 Å². The Hall–Kier alpha value is -0.880. The first-order valence-corrected chi connectivity index (χ1v) is 5.62. The Balaban J connectivity index is 0. The third-order valence-electron chi connectivity index (χ3n) is 2.44. The molecule has 1 aromatic rings. The second-order valence-electron chi connectivity index (χ2n) is 3.74. The highest BCUT2D eigenvalue weighted by Crippen LogP contribution is 2.03. The zero-order chi connectivity index (χ0) is 12.7. The number of carbonyl (C=O) groups excluding carboxylic acids is 1. The summed E-state index contributed by atoms with van der Waals surface area (Å²) in [6.07, 6.45) is 1.71. The van der Waals surface area contributed by atoms with Crippen LogP contribution in [0.3, 0.4) is 0 Å². The molecule has 7 heteroatoms. The van der Waals surface area contributed by atoms with E-state index in [9.17, 15) is 4.79 Å². The van der Waals surface area contributed by atoms with Crippen molar-refractivity contribution in [1.29, 1.82) is 0 Å². The van der Waals surface area contributed by atoms with E-state index >= 15 is 0 Å². The van der Waals surface area contributed by atoms with E-state index in [2.05, 4.69) is 4.98 Å². The fourth-order valence-electron chi connectivity index (χ4n) is 1.52. The highest BCUT2D eigenvalue weighted by atomic mass is 35.5. The van der Waals surface area contributed by atoms with Gasteiger partial charge in [-0.3, -0.25) is 9.78 Å². The molecule has 1 rings (SSSR count). The Morgan fingerprint density at radius 2 is 2.16 bits per heavy atom. The molecule has 0 aliphatic heterocycles. The maximum atomic E-state index is 12.0. The summed E-state index contributed by atoms with van der Waals surface area (Å²) in [6.45, 7) is 3.23. The van der Waals surface area contributed by atoms with Crippen LogP contribution in [0.4, 0.5) is 0 Å². The summed E-state index contributed by atoms with van der Waals surface area (Å²) in [7, 11) is 1.53. The van der Waals surface area contributed by atoms with Crippen molar-refractivity contribution in [3.63, 3.8) is 0 Å². The summed E-state index contributed by atoms with van der Waals surface area (Å²) in [4.78, 5) is 17.8. The van der Waals surface area contributed by atoms with Crippen molar-refractivity contribution in [1.82, 2.24) is 9.88 Å². The zero-order valence-corrected chi connectivity index (χ0v) is 12.7. The molecule has 1 unspecified atom stereocenters. The first kappa shape index (κ1) is 20.4. The molecular formula is C12H21Cl2N3O2.